The number of thioether (sulfide) groups is 1. The van der Waals surface area contributed by atoms with Crippen LogP contribution in [-0.2, 0) is 0 Å². The number of hydrogen-bond donors (Lipinski definition) is 1. The lowest BCUT2D eigenvalue weighted by Crippen LogP contribution is -2.30. The van der Waals surface area contributed by atoms with E-state index in [1.54, 1.807) is 0 Å². The molecule has 1 atom stereocenters. The van der Waals surface area contributed by atoms with Crippen LogP contribution >= 0.6 is 27.7 Å². The maximum Gasteiger partial charge on any atom is 0.244 e. The van der Waals surface area contributed by atoms with Crippen LogP contribution in [0.3, 0.4) is 0 Å². The highest BCUT2D eigenvalue weighted by molar-refractivity contribution is 9.10. The van der Waals surface area contributed by atoms with Crippen molar-refractivity contribution in [1.29, 1.82) is 0 Å². The monoisotopic (exact) mass is 353 g/mol. The summed E-state index contributed by atoms with van der Waals surface area (Å²) in [6.45, 7) is 5.13. The maximum atomic E-state index is 5.42. The Balaban J connectivity index is 1.89. The van der Waals surface area contributed by atoms with E-state index in [4.69, 9.17) is 4.52 Å². The van der Waals surface area contributed by atoms with Crippen LogP contribution in [0.2, 0.25) is 0 Å². The Morgan fingerprint density at radius 1 is 1.35 bits per heavy atom. The summed E-state index contributed by atoms with van der Waals surface area (Å²) in [4.78, 5) is 4.55. The van der Waals surface area contributed by atoms with Crippen LogP contribution in [0.5, 0.6) is 0 Å². The Kier molecular flexibility index (Phi) is 4.14. The van der Waals surface area contributed by atoms with E-state index in [1.807, 2.05) is 11.8 Å². The van der Waals surface area contributed by atoms with Gasteiger partial charge >= 0.3 is 0 Å². The summed E-state index contributed by atoms with van der Waals surface area (Å²) in [5.74, 6) is 3.48. The van der Waals surface area contributed by atoms with Crippen molar-refractivity contribution < 1.29 is 4.52 Å². The second-order valence-corrected chi connectivity index (χ2v) is 6.90. The third kappa shape index (κ3) is 2.77. The molecule has 2 heterocycles. The fourth-order valence-electron chi connectivity index (χ4n) is 2.29. The molecule has 0 radical (unpaired) electrons. The summed E-state index contributed by atoms with van der Waals surface area (Å²) in [6, 6.07) is 4.33. The van der Waals surface area contributed by atoms with Gasteiger partial charge in [-0.05, 0) is 37.1 Å². The molecular formula is C14H16BrN3OS. The Morgan fingerprint density at radius 3 is 2.75 bits per heavy atom. The van der Waals surface area contributed by atoms with Gasteiger partial charge in [-0.25, -0.2) is 0 Å². The topological polar surface area (TPSA) is 51.0 Å². The number of aromatic nitrogens is 2. The van der Waals surface area contributed by atoms with Gasteiger partial charge in [-0.2, -0.15) is 16.7 Å². The standard InChI is InChI=1S/C14H16BrN3OS/c1-8-5-10(6-9(2)12(8)15)13-17-14(19-18-13)11-7-20-4-3-16-11/h5-6,11,16H,3-4,7H2,1-2H3. The van der Waals surface area contributed by atoms with Crippen LogP contribution in [-0.4, -0.2) is 28.2 Å². The molecule has 4 nitrogen and oxygen atoms in total. The molecule has 0 aliphatic carbocycles. The van der Waals surface area contributed by atoms with E-state index in [9.17, 15) is 0 Å². The molecule has 1 aromatic carbocycles. The number of benzene rings is 1. The first-order valence-electron chi connectivity index (χ1n) is 6.57. The van der Waals surface area contributed by atoms with E-state index < -0.39 is 0 Å². The number of halogens is 1. The van der Waals surface area contributed by atoms with E-state index in [0.717, 1.165) is 28.1 Å². The van der Waals surface area contributed by atoms with Gasteiger partial charge in [0.15, 0.2) is 0 Å². The molecule has 3 rings (SSSR count). The molecule has 106 valence electrons. The number of aryl methyl sites for hydroxylation is 2. The minimum Gasteiger partial charge on any atom is -0.337 e. The first-order chi connectivity index (χ1) is 9.65. The van der Waals surface area contributed by atoms with Gasteiger partial charge in [0.25, 0.3) is 0 Å². The van der Waals surface area contributed by atoms with E-state index in [2.05, 4.69) is 57.4 Å². The molecule has 0 saturated carbocycles. The molecule has 1 aliphatic heterocycles. The van der Waals surface area contributed by atoms with Gasteiger partial charge in [0.05, 0.1) is 6.04 Å². The van der Waals surface area contributed by atoms with Crippen LogP contribution < -0.4 is 5.32 Å². The molecule has 20 heavy (non-hydrogen) atoms. The average Bonchev–Trinajstić information content (AvgIpc) is 2.95. The fourth-order valence-corrected chi connectivity index (χ4v) is 3.45. The summed E-state index contributed by atoms with van der Waals surface area (Å²) in [7, 11) is 0. The predicted molar refractivity (Wildman–Crippen MR) is 85.0 cm³/mol. The highest BCUT2D eigenvalue weighted by Crippen LogP contribution is 2.28. The van der Waals surface area contributed by atoms with Crippen molar-refractivity contribution >= 4 is 27.7 Å². The first-order valence-corrected chi connectivity index (χ1v) is 8.52. The summed E-state index contributed by atoms with van der Waals surface area (Å²) >= 11 is 5.49. The van der Waals surface area contributed by atoms with Crippen LogP contribution in [0.25, 0.3) is 11.4 Å². The third-order valence-corrected chi connectivity index (χ3v) is 5.67. The Hall–Kier alpha value is -0.850. The van der Waals surface area contributed by atoms with Gasteiger partial charge < -0.3 is 9.84 Å². The molecular weight excluding hydrogens is 338 g/mol. The lowest BCUT2D eigenvalue weighted by atomic mass is 10.1. The van der Waals surface area contributed by atoms with Crippen molar-refractivity contribution in [2.24, 2.45) is 0 Å². The minimum absolute atomic E-state index is 0.174. The Labute approximate surface area is 130 Å². The molecule has 1 aromatic heterocycles. The zero-order valence-corrected chi connectivity index (χ0v) is 13.8. The summed E-state index contributed by atoms with van der Waals surface area (Å²) < 4.78 is 6.55. The van der Waals surface area contributed by atoms with Gasteiger partial charge in [0.1, 0.15) is 0 Å². The van der Waals surface area contributed by atoms with E-state index >= 15 is 0 Å². The Bertz CT molecular complexity index is 600. The zero-order valence-electron chi connectivity index (χ0n) is 11.4. The van der Waals surface area contributed by atoms with Crippen LogP contribution in [0, 0.1) is 13.8 Å². The summed E-state index contributed by atoms with van der Waals surface area (Å²) in [5.41, 5.74) is 3.36. The van der Waals surface area contributed by atoms with Crippen molar-refractivity contribution in [2.45, 2.75) is 19.9 Å². The smallest absolute Gasteiger partial charge is 0.244 e. The molecule has 2 aromatic rings. The molecule has 0 bridgehead atoms. The molecule has 6 heteroatoms. The van der Waals surface area contributed by atoms with Crippen molar-refractivity contribution in [3.8, 4) is 11.4 Å². The Morgan fingerprint density at radius 2 is 2.10 bits per heavy atom. The largest absolute Gasteiger partial charge is 0.337 e. The number of nitrogens with zero attached hydrogens (tertiary/aromatic N) is 2. The second kappa shape index (κ2) is 5.87. The van der Waals surface area contributed by atoms with Crippen LogP contribution in [0.1, 0.15) is 23.1 Å². The number of rotatable bonds is 2. The van der Waals surface area contributed by atoms with Gasteiger partial charge in [0.2, 0.25) is 11.7 Å². The molecule has 1 aliphatic rings. The highest BCUT2D eigenvalue weighted by atomic mass is 79.9. The highest BCUT2D eigenvalue weighted by Gasteiger charge is 2.22. The summed E-state index contributed by atoms with van der Waals surface area (Å²) in [5, 5.41) is 7.53. The van der Waals surface area contributed by atoms with Gasteiger partial charge in [-0.15, -0.1) is 0 Å². The normalized spacial score (nSPS) is 19.2. The number of hydrogen-bond acceptors (Lipinski definition) is 5. The van der Waals surface area contributed by atoms with Crippen molar-refractivity contribution in [3.63, 3.8) is 0 Å². The SMILES string of the molecule is Cc1cc(-c2noc(C3CSCCN3)n2)cc(C)c1Br. The van der Waals surface area contributed by atoms with Crippen LogP contribution in [0.15, 0.2) is 21.1 Å². The van der Waals surface area contributed by atoms with E-state index in [-0.39, 0.29) is 6.04 Å². The fraction of sp³-hybridized carbons (Fsp3) is 0.429. The van der Waals surface area contributed by atoms with Crippen molar-refractivity contribution in [2.75, 3.05) is 18.1 Å². The quantitative estimate of drug-likeness (QED) is 0.895. The average molecular weight is 354 g/mol. The molecule has 0 spiro atoms. The third-order valence-electron chi connectivity index (χ3n) is 3.36. The molecule has 1 fully saturated rings. The molecule has 1 N–H and O–H groups in total. The zero-order chi connectivity index (χ0) is 14.1. The molecule has 1 saturated heterocycles. The van der Waals surface area contributed by atoms with Crippen molar-refractivity contribution in [3.05, 3.63) is 33.6 Å². The van der Waals surface area contributed by atoms with Gasteiger partial charge in [-0.1, -0.05) is 21.1 Å². The lowest BCUT2D eigenvalue weighted by Gasteiger charge is -2.19. The minimum atomic E-state index is 0.174. The first kappa shape index (κ1) is 14.1. The van der Waals surface area contributed by atoms with E-state index in [1.165, 1.54) is 11.1 Å². The van der Waals surface area contributed by atoms with E-state index in [0.29, 0.717) is 11.7 Å². The molecule has 0 amide bonds. The maximum absolute atomic E-state index is 5.42. The van der Waals surface area contributed by atoms with Gasteiger partial charge in [-0.3, -0.25) is 0 Å². The second-order valence-electron chi connectivity index (χ2n) is 4.96. The van der Waals surface area contributed by atoms with Crippen LogP contribution in [0.4, 0.5) is 0 Å². The van der Waals surface area contributed by atoms with Crippen molar-refractivity contribution in [1.82, 2.24) is 15.5 Å². The summed E-state index contributed by atoms with van der Waals surface area (Å²) in [6.07, 6.45) is 0. The van der Waals surface area contributed by atoms with Gasteiger partial charge in [0, 0.05) is 28.1 Å². The molecule has 1 unspecified atom stereocenters. The predicted octanol–water partition coefficient (Wildman–Crippen LogP) is 3.49. The lowest BCUT2D eigenvalue weighted by molar-refractivity contribution is 0.342. The number of nitrogens with one attached hydrogen (secondary N) is 1.